The van der Waals surface area contributed by atoms with Crippen LogP contribution in [-0.4, -0.2) is 34.4 Å². The molecular weight excluding hydrogens is 431 g/mol. The average molecular weight is 451 g/mol. The van der Waals surface area contributed by atoms with E-state index >= 15 is 0 Å². The number of carbonyl (C=O) groups is 1. The minimum atomic E-state index is -0.476. The van der Waals surface area contributed by atoms with Crippen LogP contribution in [0.1, 0.15) is 5.56 Å². The van der Waals surface area contributed by atoms with Crippen LogP contribution < -0.4 is 23.7 Å². The number of esters is 1. The van der Waals surface area contributed by atoms with Crippen LogP contribution in [0.15, 0.2) is 30.3 Å². The summed E-state index contributed by atoms with van der Waals surface area (Å²) in [6.45, 7) is 0. The maximum Gasteiger partial charge on any atom is 2.00 e. The zero-order chi connectivity index (χ0) is 18.2. The summed E-state index contributed by atoms with van der Waals surface area (Å²) in [6, 6.07) is 11.4. The van der Waals surface area contributed by atoms with E-state index in [0.29, 0.717) is 35.2 Å². The Morgan fingerprint density at radius 1 is 0.923 bits per heavy atom. The van der Waals surface area contributed by atoms with Gasteiger partial charge in [0, 0.05) is 11.8 Å². The van der Waals surface area contributed by atoms with Crippen molar-refractivity contribution in [3.05, 3.63) is 48.4 Å². The standard InChI is InChI=1S/C19H20O6.Pd/c1-21-15-8-5-13(11-17(15)23-3)6-10-19(20)25-14-7-9-16(22-2)18(12-14)24-4;/h7-12H,6H2,1-4H3;/q-2;+2. The van der Waals surface area contributed by atoms with Crippen LogP contribution >= 0.6 is 0 Å². The normalized spacial score (nSPS) is 9.54. The molecule has 2 aromatic rings. The van der Waals surface area contributed by atoms with Crippen molar-refractivity contribution in [2.75, 3.05) is 28.4 Å². The molecular formula is C19H20O6Pd. The molecule has 0 unspecified atom stereocenters. The predicted molar refractivity (Wildman–Crippen MR) is 91.6 cm³/mol. The molecule has 0 aliphatic heterocycles. The second-order valence-electron chi connectivity index (χ2n) is 4.94. The first-order valence-electron chi connectivity index (χ1n) is 7.51. The summed E-state index contributed by atoms with van der Waals surface area (Å²) < 4.78 is 26.0. The topological polar surface area (TPSA) is 63.2 Å². The first-order valence-corrected chi connectivity index (χ1v) is 7.51. The Morgan fingerprint density at radius 2 is 1.54 bits per heavy atom. The van der Waals surface area contributed by atoms with Gasteiger partial charge in [-0.25, -0.2) is 0 Å². The van der Waals surface area contributed by atoms with Crippen molar-refractivity contribution in [1.29, 1.82) is 0 Å². The third-order valence-corrected chi connectivity index (χ3v) is 3.44. The fourth-order valence-electron chi connectivity index (χ4n) is 2.17. The molecule has 142 valence electrons. The number of methoxy groups -OCH3 is 4. The van der Waals surface area contributed by atoms with Gasteiger partial charge in [0.25, 0.3) is 0 Å². The van der Waals surface area contributed by atoms with Crippen LogP contribution in [0.4, 0.5) is 0 Å². The summed E-state index contributed by atoms with van der Waals surface area (Å²) in [5.41, 5.74) is 0.780. The zero-order valence-corrected chi connectivity index (χ0v) is 16.5. The second kappa shape index (κ2) is 10.6. The molecule has 0 radical (unpaired) electrons. The van der Waals surface area contributed by atoms with Crippen LogP contribution in [0.2, 0.25) is 0 Å². The van der Waals surface area contributed by atoms with Gasteiger partial charge in [0.05, 0.1) is 34.2 Å². The number of ether oxygens (including phenoxy) is 5. The van der Waals surface area contributed by atoms with E-state index in [0.717, 1.165) is 5.56 Å². The Balaban J connectivity index is 0.00000338. The number of carbonyl (C=O) groups excluding carboxylic acids is 1. The molecule has 6 nitrogen and oxygen atoms in total. The van der Waals surface area contributed by atoms with E-state index in [1.807, 2.05) is 0 Å². The predicted octanol–water partition coefficient (Wildman–Crippen LogP) is 2.87. The van der Waals surface area contributed by atoms with Crippen LogP contribution in [0.3, 0.4) is 0 Å². The van der Waals surface area contributed by atoms with Crippen molar-refractivity contribution < 1.29 is 48.9 Å². The van der Waals surface area contributed by atoms with Crippen molar-refractivity contribution in [3.63, 3.8) is 0 Å². The first-order chi connectivity index (χ1) is 12.1. The van der Waals surface area contributed by atoms with Crippen LogP contribution in [0.25, 0.3) is 0 Å². The van der Waals surface area contributed by atoms with Crippen LogP contribution in [0, 0.1) is 12.5 Å². The van der Waals surface area contributed by atoms with E-state index < -0.39 is 5.97 Å². The first kappa shape index (κ1) is 21.7. The molecule has 0 atom stereocenters. The van der Waals surface area contributed by atoms with E-state index in [-0.39, 0.29) is 20.4 Å². The van der Waals surface area contributed by atoms with E-state index in [1.54, 1.807) is 44.6 Å². The summed E-state index contributed by atoms with van der Waals surface area (Å²) in [5, 5.41) is 0. The smallest absolute Gasteiger partial charge is 0.551 e. The van der Waals surface area contributed by atoms with Gasteiger partial charge in [-0.1, -0.05) is 0 Å². The molecule has 0 aliphatic carbocycles. The Labute approximate surface area is 167 Å². The molecule has 0 saturated carbocycles. The summed E-state index contributed by atoms with van der Waals surface area (Å²) in [7, 11) is 6.16. The van der Waals surface area contributed by atoms with Gasteiger partial charge in [0.1, 0.15) is 5.75 Å². The van der Waals surface area contributed by atoms with Crippen molar-refractivity contribution in [2.45, 2.75) is 6.42 Å². The number of hydrogen-bond donors (Lipinski definition) is 0. The molecule has 0 aliphatic rings. The molecule has 0 fully saturated rings. The van der Waals surface area contributed by atoms with E-state index in [9.17, 15) is 4.79 Å². The number of hydrogen-bond acceptors (Lipinski definition) is 6. The molecule has 0 heterocycles. The Morgan fingerprint density at radius 3 is 2.15 bits per heavy atom. The molecule has 2 aromatic carbocycles. The Kier molecular flexibility index (Phi) is 8.83. The van der Waals surface area contributed by atoms with Gasteiger partial charge >= 0.3 is 20.4 Å². The fourth-order valence-corrected chi connectivity index (χ4v) is 2.17. The Hall–Kier alpha value is -2.36. The van der Waals surface area contributed by atoms with Gasteiger partial charge in [-0.3, -0.25) is 11.2 Å². The van der Waals surface area contributed by atoms with Crippen LogP contribution in [0.5, 0.6) is 28.7 Å². The number of rotatable bonds is 8. The summed E-state index contributed by atoms with van der Waals surface area (Å²) in [5.74, 6) is 2.11. The van der Waals surface area contributed by atoms with Gasteiger partial charge < -0.3 is 23.7 Å². The molecule has 2 rings (SSSR count). The van der Waals surface area contributed by atoms with Gasteiger partial charge in [0.2, 0.25) is 0 Å². The maximum absolute atomic E-state index is 12.0. The molecule has 0 N–H and O–H groups in total. The van der Waals surface area contributed by atoms with Gasteiger partial charge in [-0.15, -0.1) is 12.1 Å². The number of benzene rings is 2. The fraction of sp³-hybridized carbons (Fsp3) is 0.263. The largest absolute Gasteiger partial charge is 2.00 e. The van der Waals surface area contributed by atoms with Gasteiger partial charge in [0.15, 0.2) is 17.5 Å². The Bertz CT molecular complexity index is 732. The monoisotopic (exact) mass is 450 g/mol. The van der Waals surface area contributed by atoms with Crippen molar-refractivity contribution >= 4 is 5.97 Å². The molecule has 0 saturated heterocycles. The quantitative estimate of drug-likeness (QED) is 0.267. The zero-order valence-electron chi connectivity index (χ0n) is 14.9. The van der Waals surface area contributed by atoms with Crippen LogP contribution in [-0.2, 0) is 31.6 Å². The van der Waals surface area contributed by atoms with E-state index in [1.165, 1.54) is 20.6 Å². The third kappa shape index (κ3) is 5.58. The maximum atomic E-state index is 12.0. The summed E-state index contributed by atoms with van der Waals surface area (Å²) >= 11 is 0. The molecule has 0 amide bonds. The molecule has 7 heteroatoms. The third-order valence-electron chi connectivity index (χ3n) is 3.44. The summed E-state index contributed by atoms with van der Waals surface area (Å²) in [4.78, 5) is 12.0. The molecule has 26 heavy (non-hydrogen) atoms. The minimum absolute atomic E-state index is 0. The second-order valence-corrected chi connectivity index (χ2v) is 4.94. The van der Waals surface area contributed by atoms with Crippen molar-refractivity contribution in [1.82, 2.24) is 0 Å². The van der Waals surface area contributed by atoms with Gasteiger partial charge in [-0.2, -0.15) is 18.1 Å². The average Bonchev–Trinajstić information content (AvgIpc) is 2.65. The van der Waals surface area contributed by atoms with Gasteiger partial charge in [-0.05, 0) is 12.1 Å². The minimum Gasteiger partial charge on any atom is -0.551 e. The molecule has 0 bridgehead atoms. The van der Waals surface area contributed by atoms with Crippen molar-refractivity contribution in [2.24, 2.45) is 0 Å². The summed E-state index contributed by atoms with van der Waals surface area (Å²) in [6.07, 6.45) is 1.78. The molecule has 0 aromatic heterocycles. The van der Waals surface area contributed by atoms with E-state index in [2.05, 4.69) is 6.07 Å². The van der Waals surface area contributed by atoms with E-state index in [4.69, 9.17) is 23.7 Å². The molecule has 0 spiro atoms. The SMILES string of the molecule is COc1c[c-]c(C[CH-]C(=O)Oc2ccc(OC)c(OC)c2)cc1OC.[Pd+2]. The van der Waals surface area contributed by atoms with Crippen molar-refractivity contribution in [3.8, 4) is 28.7 Å².